The van der Waals surface area contributed by atoms with Crippen LogP contribution in [0.25, 0.3) is 0 Å². The Bertz CT molecular complexity index is 313. The van der Waals surface area contributed by atoms with Gasteiger partial charge in [-0.05, 0) is 25.0 Å². The van der Waals surface area contributed by atoms with Crippen LogP contribution >= 0.6 is 12.6 Å². The molecule has 0 aromatic carbocycles. The molecule has 0 aliphatic rings. The molecule has 1 aromatic heterocycles. The highest BCUT2D eigenvalue weighted by atomic mass is 32.1. The summed E-state index contributed by atoms with van der Waals surface area (Å²) < 4.78 is 7.77. The van der Waals surface area contributed by atoms with E-state index in [-0.39, 0.29) is 5.41 Å². The minimum atomic E-state index is 0.190. The molecule has 0 aliphatic carbocycles. The number of hydrogen-bond donors (Lipinski definition) is 1. The molecule has 4 heteroatoms. The molecule has 1 rings (SSSR count). The maximum atomic E-state index is 5.84. The average Bonchev–Trinajstić information content (AvgIpc) is 2.80. The van der Waals surface area contributed by atoms with E-state index in [4.69, 9.17) is 4.74 Å². The van der Waals surface area contributed by atoms with Crippen molar-refractivity contribution in [3.8, 4) is 5.75 Å². The second-order valence-electron chi connectivity index (χ2n) is 4.59. The lowest BCUT2D eigenvalue weighted by Crippen LogP contribution is -2.29. The molecule has 0 amide bonds. The first-order valence-electron chi connectivity index (χ1n) is 6.45. The first-order chi connectivity index (χ1) is 8.19. The quantitative estimate of drug-likeness (QED) is 0.722. The Morgan fingerprint density at radius 2 is 2.06 bits per heavy atom. The second-order valence-corrected chi connectivity index (χ2v) is 4.91. The van der Waals surface area contributed by atoms with E-state index in [0.717, 1.165) is 43.9 Å². The van der Waals surface area contributed by atoms with E-state index in [0.29, 0.717) is 0 Å². The van der Waals surface area contributed by atoms with Crippen molar-refractivity contribution in [1.29, 1.82) is 0 Å². The van der Waals surface area contributed by atoms with Crippen molar-refractivity contribution in [1.82, 2.24) is 9.78 Å². The molecule has 1 aromatic rings. The van der Waals surface area contributed by atoms with Gasteiger partial charge in [0.15, 0.2) is 5.75 Å². The highest BCUT2D eigenvalue weighted by Crippen LogP contribution is 2.28. The number of thiol groups is 1. The van der Waals surface area contributed by atoms with Crippen LogP contribution in [0.3, 0.4) is 0 Å². The van der Waals surface area contributed by atoms with Crippen molar-refractivity contribution >= 4 is 12.6 Å². The molecule has 0 aliphatic heterocycles. The van der Waals surface area contributed by atoms with Crippen molar-refractivity contribution in [2.45, 2.75) is 46.6 Å². The normalized spacial score (nSPS) is 11.8. The molecule has 0 unspecified atom stereocenters. The van der Waals surface area contributed by atoms with Crippen molar-refractivity contribution in [3.05, 3.63) is 12.4 Å². The Morgan fingerprint density at radius 3 is 2.59 bits per heavy atom. The van der Waals surface area contributed by atoms with Crippen LogP contribution in [0.4, 0.5) is 0 Å². The van der Waals surface area contributed by atoms with Crippen molar-refractivity contribution in [2.75, 3.05) is 12.4 Å². The standard InChI is InChI=1S/C13H24N2OS/c1-4-7-15-9-12(8-14-15)16-10-13(5-2,6-3)11-17/h8-9,17H,4-7,10-11H2,1-3H3. The monoisotopic (exact) mass is 256 g/mol. The van der Waals surface area contributed by atoms with Gasteiger partial charge in [0, 0.05) is 12.0 Å². The van der Waals surface area contributed by atoms with Crippen LogP contribution in [0.2, 0.25) is 0 Å². The minimum Gasteiger partial charge on any atom is -0.490 e. The summed E-state index contributed by atoms with van der Waals surface area (Å²) >= 11 is 4.45. The van der Waals surface area contributed by atoms with Crippen LogP contribution < -0.4 is 4.74 Å². The van der Waals surface area contributed by atoms with Gasteiger partial charge in [0.05, 0.1) is 19.0 Å². The zero-order valence-corrected chi connectivity index (χ0v) is 12.0. The molecule has 0 N–H and O–H groups in total. The molecule has 98 valence electrons. The van der Waals surface area contributed by atoms with Crippen LogP contribution in [-0.2, 0) is 6.54 Å². The van der Waals surface area contributed by atoms with Gasteiger partial charge in [-0.1, -0.05) is 20.8 Å². The topological polar surface area (TPSA) is 27.1 Å². The summed E-state index contributed by atoms with van der Waals surface area (Å²) in [5.74, 6) is 1.73. The Morgan fingerprint density at radius 1 is 1.35 bits per heavy atom. The third-order valence-electron chi connectivity index (χ3n) is 3.44. The van der Waals surface area contributed by atoms with E-state index in [9.17, 15) is 0 Å². The summed E-state index contributed by atoms with van der Waals surface area (Å²) in [6, 6.07) is 0. The maximum absolute atomic E-state index is 5.84. The van der Waals surface area contributed by atoms with Crippen LogP contribution in [0.15, 0.2) is 12.4 Å². The number of nitrogens with zero attached hydrogens (tertiary/aromatic N) is 2. The fourth-order valence-electron chi connectivity index (χ4n) is 1.73. The first-order valence-corrected chi connectivity index (χ1v) is 7.09. The molecular weight excluding hydrogens is 232 g/mol. The van der Waals surface area contributed by atoms with E-state index in [1.165, 1.54) is 0 Å². The van der Waals surface area contributed by atoms with Gasteiger partial charge in [0.1, 0.15) is 0 Å². The Kier molecular flexibility index (Phi) is 5.89. The fourth-order valence-corrected chi connectivity index (χ4v) is 2.27. The third-order valence-corrected chi connectivity index (χ3v) is 4.11. The SMILES string of the molecule is CCCn1cc(OCC(CC)(CC)CS)cn1. The van der Waals surface area contributed by atoms with Gasteiger partial charge < -0.3 is 4.74 Å². The zero-order valence-electron chi connectivity index (χ0n) is 11.1. The Labute approximate surface area is 110 Å². The molecule has 17 heavy (non-hydrogen) atoms. The predicted octanol–water partition coefficient (Wildman–Crippen LogP) is 3.41. The lowest BCUT2D eigenvalue weighted by atomic mass is 9.85. The van der Waals surface area contributed by atoms with Crippen LogP contribution in [0, 0.1) is 5.41 Å². The predicted molar refractivity (Wildman–Crippen MR) is 74.9 cm³/mol. The van der Waals surface area contributed by atoms with Crippen LogP contribution in [0.5, 0.6) is 5.75 Å². The molecule has 0 saturated carbocycles. The number of ether oxygens (including phenoxy) is 1. The smallest absolute Gasteiger partial charge is 0.157 e. The van der Waals surface area contributed by atoms with E-state index in [2.05, 4.69) is 38.5 Å². The average molecular weight is 256 g/mol. The molecule has 1 heterocycles. The molecule has 0 saturated heterocycles. The van der Waals surface area contributed by atoms with E-state index >= 15 is 0 Å². The Hall–Kier alpha value is -0.640. The molecule has 0 fully saturated rings. The number of aromatic nitrogens is 2. The van der Waals surface area contributed by atoms with Gasteiger partial charge in [-0.15, -0.1) is 0 Å². The van der Waals surface area contributed by atoms with E-state index < -0.39 is 0 Å². The van der Waals surface area contributed by atoms with Gasteiger partial charge in [-0.25, -0.2) is 0 Å². The second kappa shape index (κ2) is 6.94. The number of rotatable bonds is 8. The first kappa shape index (κ1) is 14.4. The summed E-state index contributed by atoms with van der Waals surface area (Å²) in [7, 11) is 0. The molecule has 0 spiro atoms. The summed E-state index contributed by atoms with van der Waals surface area (Å²) in [5.41, 5.74) is 0.190. The van der Waals surface area contributed by atoms with Gasteiger partial charge in [0.2, 0.25) is 0 Å². The highest BCUT2D eigenvalue weighted by molar-refractivity contribution is 7.80. The Balaban J connectivity index is 2.53. The highest BCUT2D eigenvalue weighted by Gasteiger charge is 2.25. The number of hydrogen-bond acceptors (Lipinski definition) is 3. The fraction of sp³-hybridized carbons (Fsp3) is 0.769. The molecular formula is C13H24N2OS. The summed E-state index contributed by atoms with van der Waals surface area (Å²) in [4.78, 5) is 0. The van der Waals surface area contributed by atoms with Gasteiger partial charge in [0.25, 0.3) is 0 Å². The minimum absolute atomic E-state index is 0.190. The maximum Gasteiger partial charge on any atom is 0.157 e. The summed E-state index contributed by atoms with van der Waals surface area (Å²) in [6.45, 7) is 8.21. The van der Waals surface area contributed by atoms with Gasteiger partial charge >= 0.3 is 0 Å². The van der Waals surface area contributed by atoms with Crippen LogP contribution in [-0.4, -0.2) is 22.1 Å². The summed E-state index contributed by atoms with van der Waals surface area (Å²) in [6.07, 6.45) is 7.04. The largest absolute Gasteiger partial charge is 0.490 e. The van der Waals surface area contributed by atoms with Crippen molar-refractivity contribution in [3.63, 3.8) is 0 Å². The van der Waals surface area contributed by atoms with Crippen LogP contribution in [0.1, 0.15) is 40.0 Å². The van der Waals surface area contributed by atoms with Crippen molar-refractivity contribution < 1.29 is 4.74 Å². The molecule has 0 atom stereocenters. The van der Waals surface area contributed by atoms with E-state index in [1.807, 2.05) is 10.9 Å². The van der Waals surface area contributed by atoms with Gasteiger partial charge in [-0.3, -0.25) is 4.68 Å². The lowest BCUT2D eigenvalue weighted by Gasteiger charge is -2.29. The molecule has 3 nitrogen and oxygen atoms in total. The zero-order chi connectivity index (χ0) is 12.7. The number of aryl methyl sites for hydroxylation is 1. The van der Waals surface area contributed by atoms with Crippen molar-refractivity contribution in [2.24, 2.45) is 5.41 Å². The lowest BCUT2D eigenvalue weighted by molar-refractivity contribution is 0.157. The molecule has 0 bridgehead atoms. The summed E-state index contributed by atoms with van der Waals surface area (Å²) in [5, 5.41) is 4.26. The molecule has 0 radical (unpaired) electrons. The third kappa shape index (κ3) is 3.95. The van der Waals surface area contributed by atoms with E-state index in [1.54, 1.807) is 6.20 Å². The van der Waals surface area contributed by atoms with Gasteiger partial charge in [-0.2, -0.15) is 17.7 Å².